The summed E-state index contributed by atoms with van der Waals surface area (Å²) in [4.78, 5) is 34.8. The average molecular weight is 400 g/mol. The van der Waals surface area contributed by atoms with E-state index in [-0.39, 0.29) is 17.7 Å². The molecule has 0 bridgehead atoms. The van der Waals surface area contributed by atoms with E-state index in [0.717, 1.165) is 48.6 Å². The van der Waals surface area contributed by atoms with Gasteiger partial charge < -0.3 is 15.5 Å². The van der Waals surface area contributed by atoms with Crippen LogP contribution in [0.4, 0.5) is 10.5 Å². The van der Waals surface area contributed by atoms with E-state index in [1.54, 1.807) is 0 Å². The molecule has 0 saturated carbocycles. The molecule has 148 valence electrons. The molecule has 1 fully saturated rings. The molecule has 28 heavy (non-hydrogen) atoms. The number of carbonyl (C=O) groups excluding carboxylic acids is 2. The first-order chi connectivity index (χ1) is 13.5. The van der Waals surface area contributed by atoms with Crippen molar-refractivity contribution < 1.29 is 9.59 Å². The van der Waals surface area contributed by atoms with Crippen LogP contribution in [0.3, 0.4) is 0 Å². The third-order valence-corrected chi connectivity index (χ3v) is 5.20. The maximum absolute atomic E-state index is 12.2. The lowest BCUT2D eigenvalue weighted by Crippen LogP contribution is -2.32. The molecule has 0 spiro atoms. The molecule has 1 saturated heterocycles. The standard InChI is InChI=1S/C20H25N5O2S/c1-14-10-15(2)23-19(22-14)28-13-18(26)21-12-16-6-5-7-17(11-16)24-20(27)25-8-3-4-9-25/h5-7,10-11H,3-4,8-9,12-13H2,1-2H3,(H,21,26)(H,24,27). The number of benzene rings is 1. The minimum absolute atomic E-state index is 0.0662. The molecular formula is C20H25N5O2S. The Kier molecular flexibility index (Phi) is 6.86. The molecule has 0 radical (unpaired) electrons. The molecule has 7 nitrogen and oxygen atoms in total. The molecule has 2 aromatic rings. The van der Waals surface area contributed by atoms with Gasteiger partial charge >= 0.3 is 6.03 Å². The Balaban J connectivity index is 1.47. The predicted molar refractivity (Wildman–Crippen MR) is 110 cm³/mol. The van der Waals surface area contributed by atoms with Gasteiger partial charge in [-0.25, -0.2) is 14.8 Å². The Morgan fingerprint density at radius 2 is 1.82 bits per heavy atom. The maximum Gasteiger partial charge on any atom is 0.321 e. The number of amides is 3. The zero-order valence-electron chi connectivity index (χ0n) is 16.2. The number of hydrogen-bond donors (Lipinski definition) is 2. The van der Waals surface area contributed by atoms with Crippen LogP contribution in [0.1, 0.15) is 29.8 Å². The number of rotatable bonds is 6. The van der Waals surface area contributed by atoms with Crippen LogP contribution in [0.5, 0.6) is 0 Å². The fraction of sp³-hybridized carbons (Fsp3) is 0.400. The summed E-state index contributed by atoms with van der Waals surface area (Å²) in [5, 5.41) is 6.43. The van der Waals surface area contributed by atoms with Crippen molar-refractivity contribution in [3.63, 3.8) is 0 Å². The van der Waals surface area contributed by atoms with Crippen molar-refractivity contribution >= 4 is 29.4 Å². The molecular weight excluding hydrogens is 374 g/mol. The molecule has 0 unspecified atom stereocenters. The summed E-state index contributed by atoms with van der Waals surface area (Å²) in [6, 6.07) is 9.37. The Labute approximate surface area is 169 Å². The van der Waals surface area contributed by atoms with Crippen LogP contribution in [0.15, 0.2) is 35.5 Å². The van der Waals surface area contributed by atoms with E-state index in [9.17, 15) is 9.59 Å². The highest BCUT2D eigenvalue weighted by Gasteiger charge is 2.17. The Bertz CT molecular complexity index is 832. The van der Waals surface area contributed by atoms with Gasteiger partial charge in [0.2, 0.25) is 5.91 Å². The first-order valence-corrected chi connectivity index (χ1v) is 10.3. The predicted octanol–water partition coefficient (Wildman–Crippen LogP) is 3.13. The van der Waals surface area contributed by atoms with E-state index in [0.29, 0.717) is 11.7 Å². The number of nitrogens with one attached hydrogen (secondary N) is 2. The molecule has 8 heteroatoms. The molecule has 1 aromatic carbocycles. The molecule has 0 atom stereocenters. The summed E-state index contributed by atoms with van der Waals surface area (Å²) in [6.45, 7) is 5.84. The monoisotopic (exact) mass is 399 g/mol. The van der Waals surface area contributed by atoms with Crippen molar-refractivity contribution in [2.24, 2.45) is 0 Å². The van der Waals surface area contributed by atoms with Crippen LogP contribution in [0.2, 0.25) is 0 Å². The van der Waals surface area contributed by atoms with Crippen LogP contribution < -0.4 is 10.6 Å². The van der Waals surface area contributed by atoms with Gasteiger partial charge in [-0.1, -0.05) is 23.9 Å². The maximum atomic E-state index is 12.2. The van der Waals surface area contributed by atoms with E-state index >= 15 is 0 Å². The second-order valence-electron chi connectivity index (χ2n) is 6.82. The zero-order valence-corrected chi connectivity index (χ0v) is 17.0. The quantitative estimate of drug-likeness (QED) is 0.576. The number of aryl methyl sites for hydroxylation is 2. The topological polar surface area (TPSA) is 87.2 Å². The first kappa shape index (κ1) is 20.1. The number of likely N-dealkylation sites (tertiary alicyclic amines) is 1. The van der Waals surface area contributed by atoms with Gasteiger partial charge in [-0.15, -0.1) is 0 Å². The van der Waals surface area contributed by atoms with Gasteiger partial charge in [0.1, 0.15) is 0 Å². The third kappa shape index (κ3) is 5.95. The van der Waals surface area contributed by atoms with Gasteiger partial charge in [-0.3, -0.25) is 4.79 Å². The van der Waals surface area contributed by atoms with Crippen molar-refractivity contribution in [2.75, 3.05) is 24.2 Å². The molecule has 3 amide bonds. The van der Waals surface area contributed by atoms with Crippen molar-refractivity contribution in [3.8, 4) is 0 Å². The number of carbonyl (C=O) groups is 2. The normalized spacial score (nSPS) is 13.4. The molecule has 1 aliphatic heterocycles. The minimum atomic E-state index is -0.0840. The van der Waals surface area contributed by atoms with Crippen LogP contribution in [0, 0.1) is 13.8 Å². The zero-order chi connectivity index (χ0) is 19.9. The summed E-state index contributed by atoms with van der Waals surface area (Å²) < 4.78 is 0. The summed E-state index contributed by atoms with van der Waals surface area (Å²) in [5.41, 5.74) is 3.45. The van der Waals surface area contributed by atoms with Crippen LogP contribution in [-0.2, 0) is 11.3 Å². The van der Waals surface area contributed by atoms with Gasteiger partial charge in [0.05, 0.1) is 5.75 Å². The molecule has 1 aromatic heterocycles. The smallest absolute Gasteiger partial charge is 0.321 e. The lowest BCUT2D eigenvalue weighted by Gasteiger charge is -2.16. The third-order valence-electron chi connectivity index (χ3n) is 4.36. The van der Waals surface area contributed by atoms with Gasteiger partial charge in [0, 0.05) is 36.7 Å². The lowest BCUT2D eigenvalue weighted by molar-refractivity contribution is -0.118. The van der Waals surface area contributed by atoms with E-state index in [2.05, 4.69) is 20.6 Å². The van der Waals surface area contributed by atoms with Crippen molar-refractivity contribution in [2.45, 2.75) is 38.4 Å². The van der Waals surface area contributed by atoms with E-state index in [4.69, 9.17) is 0 Å². The molecule has 2 N–H and O–H groups in total. The summed E-state index contributed by atoms with van der Waals surface area (Å²) >= 11 is 1.32. The Morgan fingerprint density at radius 3 is 2.54 bits per heavy atom. The van der Waals surface area contributed by atoms with Gasteiger partial charge in [-0.05, 0) is 50.5 Å². The molecule has 3 rings (SSSR count). The number of thioether (sulfide) groups is 1. The van der Waals surface area contributed by atoms with Crippen LogP contribution in [0.25, 0.3) is 0 Å². The number of aromatic nitrogens is 2. The summed E-state index contributed by atoms with van der Waals surface area (Å²) in [6.07, 6.45) is 2.12. The fourth-order valence-electron chi connectivity index (χ4n) is 3.02. The fourth-order valence-corrected chi connectivity index (χ4v) is 3.80. The molecule has 1 aliphatic rings. The highest BCUT2D eigenvalue weighted by molar-refractivity contribution is 7.99. The van der Waals surface area contributed by atoms with Crippen molar-refractivity contribution in [1.29, 1.82) is 0 Å². The molecule has 2 heterocycles. The van der Waals surface area contributed by atoms with Gasteiger partial charge in [-0.2, -0.15) is 0 Å². The van der Waals surface area contributed by atoms with Crippen molar-refractivity contribution in [1.82, 2.24) is 20.2 Å². The van der Waals surface area contributed by atoms with E-state index in [1.165, 1.54) is 11.8 Å². The highest BCUT2D eigenvalue weighted by Crippen LogP contribution is 2.15. The van der Waals surface area contributed by atoms with E-state index < -0.39 is 0 Å². The first-order valence-electron chi connectivity index (χ1n) is 9.36. The Hall–Kier alpha value is -2.61. The minimum Gasteiger partial charge on any atom is -0.351 e. The number of hydrogen-bond acceptors (Lipinski definition) is 5. The molecule has 0 aliphatic carbocycles. The number of nitrogens with zero attached hydrogens (tertiary/aromatic N) is 3. The average Bonchev–Trinajstić information content (AvgIpc) is 3.19. The highest BCUT2D eigenvalue weighted by atomic mass is 32.2. The summed E-state index contributed by atoms with van der Waals surface area (Å²) in [5.74, 6) is 0.174. The SMILES string of the molecule is Cc1cc(C)nc(SCC(=O)NCc2cccc(NC(=O)N3CCCC3)c2)n1. The Morgan fingerprint density at radius 1 is 1.11 bits per heavy atom. The van der Waals surface area contributed by atoms with Crippen molar-refractivity contribution in [3.05, 3.63) is 47.3 Å². The van der Waals surface area contributed by atoms with Crippen LogP contribution >= 0.6 is 11.8 Å². The second kappa shape index (κ2) is 9.54. The number of urea groups is 1. The summed E-state index contributed by atoms with van der Waals surface area (Å²) in [7, 11) is 0. The van der Waals surface area contributed by atoms with Gasteiger partial charge in [0.15, 0.2) is 5.16 Å². The lowest BCUT2D eigenvalue weighted by atomic mass is 10.2. The number of anilines is 1. The second-order valence-corrected chi connectivity index (χ2v) is 7.77. The largest absolute Gasteiger partial charge is 0.351 e. The van der Waals surface area contributed by atoms with Crippen LogP contribution in [-0.4, -0.2) is 45.6 Å². The van der Waals surface area contributed by atoms with Gasteiger partial charge in [0.25, 0.3) is 0 Å². The van der Waals surface area contributed by atoms with E-state index in [1.807, 2.05) is 49.1 Å².